The van der Waals surface area contributed by atoms with Crippen LogP contribution >= 0.6 is 0 Å². The highest BCUT2D eigenvalue weighted by Gasteiger charge is 2.23. The molecular weight excluding hydrogens is 300 g/mol. The molecular formula is C19H25N4O+. The molecule has 1 aromatic carbocycles. The highest BCUT2D eigenvalue weighted by Crippen LogP contribution is 2.31. The number of anilines is 1. The first kappa shape index (κ1) is 15.4. The van der Waals surface area contributed by atoms with Gasteiger partial charge in [-0.1, -0.05) is 37.1 Å². The summed E-state index contributed by atoms with van der Waals surface area (Å²) in [6.45, 7) is 2.47. The molecule has 2 aromatic rings. The maximum Gasteiger partial charge on any atom is 0.280 e. The van der Waals surface area contributed by atoms with Crippen molar-refractivity contribution in [1.29, 1.82) is 0 Å². The molecule has 24 heavy (non-hydrogen) atoms. The van der Waals surface area contributed by atoms with Crippen LogP contribution in [0.3, 0.4) is 0 Å². The van der Waals surface area contributed by atoms with Gasteiger partial charge in [0.25, 0.3) is 5.91 Å². The maximum atomic E-state index is 12.5. The molecule has 1 aliphatic carbocycles. The molecule has 1 unspecified atom stereocenters. The summed E-state index contributed by atoms with van der Waals surface area (Å²) in [6, 6.07) is 10.9. The van der Waals surface area contributed by atoms with Gasteiger partial charge in [0.2, 0.25) is 0 Å². The number of hydrogen-bond donors (Lipinski definition) is 2. The van der Waals surface area contributed by atoms with E-state index in [1.54, 1.807) is 6.20 Å². The molecule has 2 N–H and O–H groups in total. The van der Waals surface area contributed by atoms with Gasteiger partial charge in [0, 0.05) is 18.1 Å². The summed E-state index contributed by atoms with van der Waals surface area (Å²) in [5, 5.41) is 7.50. The Morgan fingerprint density at radius 2 is 2.00 bits per heavy atom. The minimum atomic E-state index is 0.0872. The van der Waals surface area contributed by atoms with Crippen molar-refractivity contribution < 1.29 is 9.69 Å². The van der Waals surface area contributed by atoms with Gasteiger partial charge in [-0.25, -0.2) is 4.68 Å². The van der Waals surface area contributed by atoms with Gasteiger partial charge >= 0.3 is 0 Å². The molecule has 0 radical (unpaired) electrons. The number of carbonyl (C=O) groups excluding carboxylic acids is 1. The van der Waals surface area contributed by atoms with Gasteiger partial charge in [-0.15, -0.1) is 0 Å². The molecule has 5 heteroatoms. The number of nitrogens with zero attached hydrogens (tertiary/aromatic N) is 2. The van der Waals surface area contributed by atoms with Crippen LogP contribution in [0.5, 0.6) is 0 Å². The summed E-state index contributed by atoms with van der Waals surface area (Å²) in [6.07, 6.45) is 7.69. The first-order valence-electron chi connectivity index (χ1n) is 9.03. The molecule has 1 saturated carbocycles. The summed E-state index contributed by atoms with van der Waals surface area (Å²) in [5.74, 6) is 0.938. The minimum absolute atomic E-state index is 0.0872. The molecule has 4 rings (SSSR count). The average Bonchev–Trinajstić information content (AvgIpc) is 3.25. The summed E-state index contributed by atoms with van der Waals surface area (Å²) in [7, 11) is 0. The molecule has 2 aliphatic rings. The lowest BCUT2D eigenvalue weighted by atomic mass is 10.00. The first-order valence-corrected chi connectivity index (χ1v) is 9.03. The molecule has 1 amide bonds. The Balaban J connectivity index is 1.37. The summed E-state index contributed by atoms with van der Waals surface area (Å²) < 4.78 is 2.01. The molecule has 0 bridgehead atoms. The topological polar surface area (TPSA) is 51.4 Å². The van der Waals surface area contributed by atoms with Gasteiger partial charge in [0.1, 0.15) is 12.4 Å². The number of aromatic nitrogens is 2. The number of amides is 1. The lowest BCUT2D eigenvalue weighted by Crippen LogP contribution is -3.12. The van der Waals surface area contributed by atoms with E-state index in [1.807, 2.05) is 10.7 Å². The Hall–Kier alpha value is -2.14. The van der Waals surface area contributed by atoms with Crippen molar-refractivity contribution >= 4 is 11.7 Å². The average molecular weight is 325 g/mol. The Labute approximate surface area is 142 Å². The molecule has 0 saturated heterocycles. The summed E-state index contributed by atoms with van der Waals surface area (Å²) >= 11 is 0. The van der Waals surface area contributed by atoms with E-state index in [0.717, 1.165) is 25.3 Å². The van der Waals surface area contributed by atoms with Gasteiger partial charge < -0.3 is 10.2 Å². The van der Waals surface area contributed by atoms with Crippen LogP contribution < -0.4 is 10.2 Å². The quantitative estimate of drug-likeness (QED) is 0.897. The van der Waals surface area contributed by atoms with Crippen LogP contribution in [0.15, 0.2) is 36.5 Å². The Kier molecular flexibility index (Phi) is 4.34. The normalized spacial score (nSPS) is 20.8. The fourth-order valence-corrected chi connectivity index (χ4v) is 4.06. The van der Waals surface area contributed by atoms with Crippen LogP contribution in [0.25, 0.3) is 0 Å². The molecule has 1 fully saturated rings. The largest absolute Gasteiger partial charge is 0.323 e. The fraction of sp³-hybridized carbons (Fsp3) is 0.474. The third kappa shape index (κ3) is 3.22. The lowest BCUT2D eigenvalue weighted by molar-refractivity contribution is -0.907. The van der Waals surface area contributed by atoms with Crippen LogP contribution in [-0.2, 0) is 17.8 Å². The molecule has 126 valence electrons. The van der Waals surface area contributed by atoms with Crippen LogP contribution in [0.1, 0.15) is 42.9 Å². The van der Waals surface area contributed by atoms with Gasteiger partial charge in [-0.2, -0.15) is 5.10 Å². The minimum Gasteiger partial charge on any atom is -0.323 e. The van der Waals surface area contributed by atoms with Gasteiger partial charge in [0.05, 0.1) is 18.8 Å². The molecule has 1 atom stereocenters. The number of benzene rings is 1. The predicted octanol–water partition coefficient (Wildman–Crippen LogP) is 1.58. The highest BCUT2D eigenvalue weighted by atomic mass is 16.2. The van der Waals surface area contributed by atoms with E-state index in [-0.39, 0.29) is 5.91 Å². The van der Waals surface area contributed by atoms with Crippen LogP contribution in [0, 0.1) is 0 Å². The Morgan fingerprint density at radius 1 is 1.21 bits per heavy atom. The molecule has 1 aliphatic heterocycles. The third-order valence-electron chi connectivity index (χ3n) is 5.33. The van der Waals surface area contributed by atoms with Gasteiger partial charge in [-0.3, -0.25) is 4.79 Å². The molecule has 1 aromatic heterocycles. The van der Waals surface area contributed by atoms with Crippen LogP contribution in [-0.4, -0.2) is 28.8 Å². The number of fused-ring (bicyclic) bond motifs is 1. The van der Waals surface area contributed by atoms with E-state index >= 15 is 0 Å². The smallest absolute Gasteiger partial charge is 0.280 e. The first-order chi connectivity index (χ1) is 11.8. The molecule has 5 nitrogen and oxygen atoms in total. The number of rotatable bonds is 4. The van der Waals surface area contributed by atoms with Crippen LogP contribution in [0.4, 0.5) is 5.82 Å². The fourth-order valence-electron chi connectivity index (χ4n) is 4.06. The second kappa shape index (κ2) is 6.77. The zero-order valence-corrected chi connectivity index (χ0v) is 14.0. The highest BCUT2D eigenvalue weighted by molar-refractivity contribution is 5.90. The van der Waals surface area contributed by atoms with Crippen LogP contribution in [0.2, 0.25) is 0 Å². The van der Waals surface area contributed by atoms with Crippen molar-refractivity contribution in [3.8, 4) is 0 Å². The monoisotopic (exact) mass is 325 g/mol. The lowest BCUT2D eigenvalue weighted by Gasteiger charge is -2.25. The second-order valence-corrected chi connectivity index (χ2v) is 7.02. The number of quaternary nitrogens is 1. The predicted molar refractivity (Wildman–Crippen MR) is 92.9 cm³/mol. The van der Waals surface area contributed by atoms with Crippen molar-refractivity contribution in [1.82, 2.24) is 9.78 Å². The van der Waals surface area contributed by atoms with Crippen molar-refractivity contribution in [3.63, 3.8) is 0 Å². The van der Waals surface area contributed by atoms with E-state index in [0.29, 0.717) is 12.6 Å². The Morgan fingerprint density at radius 3 is 2.83 bits per heavy atom. The Bertz CT molecular complexity index is 718. The zero-order valence-electron chi connectivity index (χ0n) is 14.0. The van der Waals surface area contributed by atoms with Gasteiger partial charge in [-0.05, 0) is 18.4 Å². The van der Waals surface area contributed by atoms with E-state index in [9.17, 15) is 4.79 Å². The van der Waals surface area contributed by atoms with E-state index in [2.05, 4.69) is 34.7 Å². The van der Waals surface area contributed by atoms with Crippen molar-refractivity contribution in [2.45, 2.75) is 44.7 Å². The van der Waals surface area contributed by atoms with Crippen molar-refractivity contribution in [2.24, 2.45) is 0 Å². The zero-order chi connectivity index (χ0) is 16.4. The number of hydrogen-bond acceptors (Lipinski definition) is 2. The SMILES string of the molecule is O=C(C[NH+]1CCc2ccccc2C1)Nc1ccnn1C1CCCC1. The summed E-state index contributed by atoms with van der Waals surface area (Å²) in [4.78, 5) is 13.8. The van der Waals surface area contributed by atoms with E-state index in [4.69, 9.17) is 0 Å². The number of carbonyl (C=O) groups is 1. The third-order valence-corrected chi connectivity index (χ3v) is 5.33. The standard InChI is InChI=1S/C19H24N4O/c24-19(14-22-12-10-15-5-1-2-6-16(15)13-22)21-18-9-11-20-23(18)17-7-3-4-8-17/h1-2,5-6,9,11,17H,3-4,7-8,10,12-14H2,(H,21,24)/p+1. The van der Waals surface area contributed by atoms with E-state index < -0.39 is 0 Å². The molecule has 0 spiro atoms. The second-order valence-electron chi connectivity index (χ2n) is 7.02. The van der Waals surface area contributed by atoms with Gasteiger partial charge in [0.15, 0.2) is 6.54 Å². The number of nitrogens with one attached hydrogen (secondary N) is 2. The van der Waals surface area contributed by atoms with Crippen molar-refractivity contribution in [2.75, 3.05) is 18.4 Å². The summed E-state index contributed by atoms with van der Waals surface area (Å²) in [5.41, 5.74) is 2.81. The van der Waals surface area contributed by atoms with Crippen molar-refractivity contribution in [3.05, 3.63) is 47.7 Å². The maximum absolute atomic E-state index is 12.5. The van der Waals surface area contributed by atoms with E-state index in [1.165, 1.54) is 41.7 Å². The molecule has 2 heterocycles.